The van der Waals surface area contributed by atoms with Gasteiger partial charge < -0.3 is 10.1 Å². The van der Waals surface area contributed by atoms with E-state index in [4.69, 9.17) is 5.11 Å². The minimum atomic E-state index is -1.07. The van der Waals surface area contributed by atoms with E-state index in [0.29, 0.717) is 33.6 Å². The molecule has 7 heteroatoms. The number of hydrogen-bond donors (Lipinski definition) is 2. The second-order valence-corrected chi connectivity index (χ2v) is 6.17. The van der Waals surface area contributed by atoms with Gasteiger partial charge in [-0.05, 0) is 18.6 Å². The van der Waals surface area contributed by atoms with Gasteiger partial charge in [0.05, 0.1) is 5.39 Å². The van der Waals surface area contributed by atoms with E-state index < -0.39 is 5.97 Å². The summed E-state index contributed by atoms with van der Waals surface area (Å²) < 4.78 is 0. The molecule has 0 amide bonds. The van der Waals surface area contributed by atoms with Gasteiger partial charge in [0, 0.05) is 17.9 Å². The first-order valence-corrected chi connectivity index (χ1v) is 7.68. The molecule has 1 aliphatic carbocycles. The maximum absolute atomic E-state index is 12.3. The van der Waals surface area contributed by atoms with E-state index in [2.05, 4.69) is 9.97 Å². The quantitative estimate of drug-likeness (QED) is 0.840. The van der Waals surface area contributed by atoms with Crippen molar-refractivity contribution >= 4 is 33.5 Å². The van der Waals surface area contributed by atoms with Crippen LogP contribution in [0.1, 0.15) is 21.1 Å². The first-order valence-electron chi connectivity index (χ1n) is 6.86. The Labute approximate surface area is 134 Å². The third kappa shape index (κ3) is 2.67. The Morgan fingerprint density at radius 1 is 1.48 bits per heavy atom. The van der Waals surface area contributed by atoms with Crippen LogP contribution in [-0.4, -0.2) is 27.0 Å². The van der Waals surface area contributed by atoms with Crippen LogP contribution in [0.25, 0.3) is 10.2 Å². The standard InChI is InChI=1S/C16H12N2O4S/c1-8-12-14(20)17-11(18-15(12)23-13(8)16(21)22)6-9-4-2-3-5-10(9)7-19/h2-5,9H,6H2,1H3,(H,21,22)(H,17,18,20). The third-order valence-electron chi connectivity index (χ3n) is 3.70. The van der Waals surface area contributed by atoms with Crippen molar-refractivity contribution in [2.75, 3.05) is 0 Å². The summed E-state index contributed by atoms with van der Waals surface area (Å²) in [6.07, 6.45) is 7.42. The molecule has 0 spiro atoms. The Hall–Kier alpha value is -2.76. The van der Waals surface area contributed by atoms with Gasteiger partial charge in [-0.15, -0.1) is 11.3 Å². The third-order valence-corrected chi connectivity index (χ3v) is 4.88. The molecular formula is C16H12N2O4S. The molecule has 6 nitrogen and oxygen atoms in total. The number of nitrogens with zero attached hydrogens (tertiary/aromatic N) is 1. The van der Waals surface area contributed by atoms with Gasteiger partial charge in [-0.3, -0.25) is 4.79 Å². The number of carboxylic acids is 1. The summed E-state index contributed by atoms with van der Waals surface area (Å²) in [5, 5.41) is 9.47. The van der Waals surface area contributed by atoms with Crippen LogP contribution in [0, 0.1) is 12.8 Å². The molecule has 1 aliphatic rings. The van der Waals surface area contributed by atoms with Crippen LogP contribution in [0.2, 0.25) is 0 Å². The molecule has 2 aromatic rings. The number of aromatic nitrogens is 2. The van der Waals surface area contributed by atoms with E-state index >= 15 is 0 Å². The van der Waals surface area contributed by atoms with Gasteiger partial charge in [-0.2, -0.15) is 0 Å². The van der Waals surface area contributed by atoms with Gasteiger partial charge in [-0.1, -0.05) is 18.2 Å². The first-order chi connectivity index (χ1) is 11.0. The lowest BCUT2D eigenvalue weighted by Crippen LogP contribution is -2.15. The minimum absolute atomic E-state index is 0.115. The van der Waals surface area contributed by atoms with Crippen molar-refractivity contribution in [3.63, 3.8) is 0 Å². The van der Waals surface area contributed by atoms with E-state index in [9.17, 15) is 14.4 Å². The summed E-state index contributed by atoms with van der Waals surface area (Å²) in [5.74, 6) is 1.02. The second kappa shape index (κ2) is 5.79. The predicted octanol–water partition coefficient (Wildman–Crippen LogP) is 2.03. The molecule has 0 radical (unpaired) electrons. The molecule has 116 valence electrons. The van der Waals surface area contributed by atoms with Crippen LogP contribution in [-0.2, 0) is 11.2 Å². The summed E-state index contributed by atoms with van der Waals surface area (Å²) in [6.45, 7) is 1.60. The highest BCUT2D eigenvalue weighted by molar-refractivity contribution is 7.20. The van der Waals surface area contributed by atoms with Gasteiger partial charge in [0.2, 0.25) is 0 Å². The summed E-state index contributed by atoms with van der Waals surface area (Å²) in [7, 11) is 0. The van der Waals surface area contributed by atoms with Crippen molar-refractivity contribution in [3.05, 3.63) is 56.5 Å². The molecule has 3 rings (SSSR count). The van der Waals surface area contributed by atoms with Crippen molar-refractivity contribution in [2.45, 2.75) is 13.3 Å². The molecule has 0 saturated carbocycles. The maximum Gasteiger partial charge on any atom is 0.346 e. The lowest BCUT2D eigenvalue weighted by Gasteiger charge is -2.13. The normalized spacial score (nSPS) is 16.7. The average molecular weight is 328 g/mol. The number of H-pyrrole nitrogens is 1. The number of rotatable bonds is 3. The summed E-state index contributed by atoms with van der Waals surface area (Å²) in [6, 6.07) is 0. The molecule has 1 unspecified atom stereocenters. The summed E-state index contributed by atoms with van der Waals surface area (Å²) in [5.41, 5.74) is 0.550. The number of allylic oxidation sites excluding steroid dienone is 5. The molecule has 2 heterocycles. The van der Waals surface area contributed by atoms with Crippen LogP contribution >= 0.6 is 11.3 Å². The molecule has 0 saturated heterocycles. The number of carbonyl (C=O) groups excluding carboxylic acids is 1. The van der Waals surface area contributed by atoms with Gasteiger partial charge in [-0.25, -0.2) is 14.6 Å². The van der Waals surface area contributed by atoms with Gasteiger partial charge in [0.15, 0.2) is 0 Å². The lowest BCUT2D eigenvalue weighted by molar-refractivity contribution is 0.0701. The Kier molecular flexibility index (Phi) is 3.82. The Bertz CT molecular complexity index is 974. The van der Waals surface area contributed by atoms with Crippen molar-refractivity contribution in [3.8, 4) is 0 Å². The number of aromatic amines is 1. The lowest BCUT2D eigenvalue weighted by atomic mass is 9.92. The van der Waals surface area contributed by atoms with Crippen molar-refractivity contribution in [2.24, 2.45) is 5.92 Å². The molecule has 23 heavy (non-hydrogen) atoms. The zero-order valence-electron chi connectivity index (χ0n) is 12.1. The van der Waals surface area contributed by atoms with Gasteiger partial charge >= 0.3 is 5.97 Å². The van der Waals surface area contributed by atoms with Crippen LogP contribution in [0.3, 0.4) is 0 Å². The highest BCUT2D eigenvalue weighted by Crippen LogP contribution is 2.27. The van der Waals surface area contributed by atoms with Crippen molar-refractivity contribution < 1.29 is 14.7 Å². The maximum atomic E-state index is 12.3. The first kappa shape index (κ1) is 15.1. The SMILES string of the molecule is Cc1c(C(=O)O)sc2nc(CC3C=CC=CC3=C=O)[nH]c(=O)c12. The number of carbonyl (C=O) groups is 1. The van der Waals surface area contributed by atoms with E-state index in [0.717, 1.165) is 11.3 Å². The number of aromatic carboxylic acids is 1. The number of fused-ring (bicyclic) bond motifs is 1. The van der Waals surface area contributed by atoms with Crippen molar-refractivity contribution in [1.29, 1.82) is 0 Å². The number of aryl methyl sites for hydroxylation is 1. The van der Waals surface area contributed by atoms with Crippen molar-refractivity contribution in [1.82, 2.24) is 9.97 Å². The number of hydrogen-bond acceptors (Lipinski definition) is 5. The highest BCUT2D eigenvalue weighted by Gasteiger charge is 2.20. The summed E-state index contributed by atoms with van der Waals surface area (Å²) in [4.78, 5) is 42.0. The molecule has 2 aromatic heterocycles. The molecular weight excluding hydrogens is 316 g/mol. The predicted molar refractivity (Wildman–Crippen MR) is 86.6 cm³/mol. The van der Waals surface area contributed by atoms with Crippen LogP contribution in [0.5, 0.6) is 0 Å². The Morgan fingerprint density at radius 2 is 2.26 bits per heavy atom. The fourth-order valence-electron chi connectivity index (χ4n) is 2.57. The van der Waals surface area contributed by atoms with E-state index in [1.807, 2.05) is 18.1 Å². The Balaban J connectivity index is 2.05. The number of nitrogens with one attached hydrogen (secondary N) is 1. The fraction of sp³-hybridized carbons (Fsp3) is 0.188. The molecule has 1 atom stereocenters. The highest BCUT2D eigenvalue weighted by atomic mass is 32.1. The van der Waals surface area contributed by atoms with Gasteiger partial charge in [0.1, 0.15) is 21.5 Å². The number of carboxylic acid groups (broad SMARTS) is 1. The molecule has 0 fully saturated rings. The van der Waals surface area contributed by atoms with E-state index in [1.165, 1.54) is 0 Å². The topological polar surface area (TPSA) is 100 Å². The largest absolute Gasteiger partial charge is 0.477 e. The van der Waals surface area contributed by atoms with Crippen LogP contribution in [0.4, 0.5) is 0 Å². The molecule has 2 N–H and O–H groups in total. The smallest absolute Gasteiger partial charge is 0.346 e. The van der Waals surface area contributed by atoms with Gasteiger partial charge in [0.25, 0.3) is 5.56 Å². The van der Waals surface area contributed by atoms with E-state index in [-0.39, 0.29) is 16.4 Å². The Morgan fingerprint density at radius 3 is 2.96 bits per heavy atom. The van der Waals surface area contributed by atoms with Crippen LogP contribution in [0.15, 0.2) is 34.7 Å². The zero-order chi connectivity index (χ0) is 16.6. The average Bonchev–Trinajstić information content (AvgIpc) is 2.85. The van der Waals surface area contributed by atoms with Crippen LogP contribution < -0.4 is 5.56 Å². The molecule has 0 bridgehead atoms. The zero-order valence-corrected chi connectivity index (χ0v) is 12.9. The minimum Gasteiger partial charge on any atom is -0.477 e. The van der Waals surface area contributed by atoms with E-state index in [1.54, 1.807) is 19.1 Å². The number of thiophene rings is 1. The second-order valence-electron chi connectivity index (χ2n) is 5.17. The monoisotopic (exact) mass is 328 g/mol. The summed E-state index contributed by atoms with van der Waals surface area (Å²) >= 11 is 0.982. The molecule has 0 aromatic carbocycles. The molecule has 0 aliphatic heterocycles. The fourth-order valence-corrected chi connectivity index (χ4v) is 3.61.